The Labute approximate surface area is 199 Å². The molecule has 2 amide bonds. The molecular weight excluding hydrogens is 460 g/mol. The molecule has 1 unspecified atom stereocenters. The van der Waals surface area contributed by atoms with Crippen LogP contribution in [0, 0.1) is 10.1 Å². The summed E-state index contributed by atoms with van der Waals surface area (Å²) in [6, 6.07) is 15.2. The summed E-state index contributed by atoms with van der Waals surface area (Å²) in [5.74, 6) is -1.41. The predicted molar refractivity (Wildman–Crippen MR) is 126 cm³/mol. The number of benzene rings is 2. The molecule has 3 rings (SSSR count). The molecule has 2 aromatic carbocycles. The lowest BCUT2D eigenvalue weighted by Crippen LogP contribution is -2.32. The molecule has 2 N–H and O–H groups in total. The highest BCUT2D eigenvalue weighted by Gasteiger charge is 2.19. The summed E-state index contributed by atoms with van der Waals surface area (Å²) in [6.45, 7) is 1.52. The minimum Gasteiger partial charge on any atom is -0.452 e. The van der Waals surface area contributed by atoms with Gasteiger partial charge < -0.3 is 10.1 Å². The maximum absolute atomic E-state index is 12.3. The van der Waals surface area contributed by atoms with Gasteiger partial charge in [-0.3, -0.25) is 29.8 Å². The molecule has 0 fully saturated rings. The van der Waals surface area contributed by atoms with E-state index in [1.807, 2.05) is 30.3 Å². The number of ether oxygens (including phenoxy) is 1. The van der Waals surface area contributed by atoms with Crippen LogP contribution in [0.3, 0.4) is 0 Å². The average Bonchev–Trinajstić information content (AvgIpc) is 3.28. The van der Waals surface area contributed by atoms with Gasteiger partial charge in [-0.25, -0.2) is 4.98 Å². The predicted octanol–water partition coefficient (Wildman–Crippen LogP) is 3.34. The van der Waals surface area contributed by atoms with Gasteiger partial charge in [0.1, 0.15) is 0 Å². The van der Waals surface area contributed by atoms with Crippen molar-refractivity contribution in [1.82, 2.24) is 10.3 Å². The van der Waals surface area contributed by atoms with Crippen LogP contribution in [0.2, 0.25) is 0 Å². The van der Waals surface area contributed by atoms with Crippen molar-refractivity contribution in [2.24, 2.45) is 0 Å². The number of nitrogens with one attached hydrogen (secondary N) is 2. The van der Waals surface area contributed by atoms with Gasteiger partial charge in [0, 0.05) is 29.6 Å². The van der Waals surface area contributed by atoms with Crippen molar-refractivity contribution in [3.8, 4) is 11.3 Å². The summed E-state index contributed by atoms with van der Waals surface area (Å²) in [7, 11) is 0. The lowest BCUT2D eigenvalue weighted by Gasteiger charge is -2.12. The highest BCUT2D eigenvalue weighted by molar-refractivity contribution is 7.14. The van der Waals surface area contributed by atoms with Crippen LogP contribution in [0.4, 0.5) is 10.8 Å². The van der Waals surface area contributed by atoms with E-state index in [1.165, 1.54) is 19.1 Å². The van der Waals surface area contributed by atoms with Gasteiger partial charge in [0.05, 0.1) is 23.5 Å². The second-order valence-corrected chi connectivity index (χ2v) is 8.09. The zero-order valence-electron chi connectivity index (χ0n) is 18.2. The fraction of sp³-hybridized carbons (Fsp3) is 0.217. The number of carbonyl (C=O) groups excluding carboxylic acids is 3. The number of anilines is 1. The first-order chi connectivity index (χ1) is 16.3. The van der Waals surface area contributed by atoms with Crippen LogP contribution in [-0.2, 0) is 25.5 Å². The lowest BCUT2D eigenvalue weighted by atomic mass is 10.1. The molecule has 0 spiro atoms. The van der Waals surface area contributed by atoms with Gasteiger partial charge in [0.25, 0.3) is 11.6 Å². The smallest absolute Gasteiger partial charge is 0.308 e. The number of rotatable bonds is 10. The second kappa shape index (κ2) is 11.7. The van der Waals surface area contributed by atoms with E-state index < -0.39 is 22.9 Å². The molecular formula is C23H22N4O6S. The molecule has 0 saturated heterocycles. The molecule has 0 saturated carbocycles. The van der Waals surface area contributed by atoms with Crippen molar-refractivity contribution in [2.75, 3.05) is 11.9 Å². The molecule has 0 radical (unpaired) electrons. The monoisotopic (exact) mass is 482 g/mol. The van der Waals surface area contributed by atoms with Gasteiger partial charge in [-0.2, -0.15) is 0 Å². The van der Waals surface area contributed by atoms with E-state index in [2.05, 4.69) is 15.6 Å². The number of nitrogens with zero attached hydrogens (tertiary/aromatic N) is 2. The summed E-state index contributed by atoms with van der Waals surface area (Å²) in [5, 5.41) is 18.1. The van der Waals surface area contributed by atoms with Gasteiger partial charge >= 0.3 is 5.97 Å². The quantitative estimate of drug-likeness (QED) is 0.256. The van der Waals surface area contributed by atoms with Crippen molar-refractivity contribution in [3.63, 3.8) is 0 Å². The largest absolute Gasteiger partial charge is 0.452 e. The molecule has 11 heteroatoms. The van der Waals surface area contributed by atoms with Gasteiger partial charge in [0.15, 0.2) is 11.2 Å². The topological polar surface area (TPSA) is 141 Å². The Kier molecular flexibility index (Phi) is 8.41. The van der Waals surface area contributed by atoms with Gasteiger partial charge in [-0.05, 0) is 12.5 Å². The number of amides is 2. The molecule has 0 aliphatic rings. The summed E-state index contributed by atoms with van der Waals surface area (Å²) in [5.41, 5.74) is 1.82. The number of aromatic nitrogens is 1. The minimum atomic E-state index is -1.07. The van der Waals surface area contributed by atoms with E-state index in [0.29, 0.717) is 11.3 Å². The van der Waals surface area contributed by atoms with E-state index in [-0.39, 0.29) is 36.1 Å². The third kappa shape index (κ3) is 7.20. The first-order valence-corrected chi connectivity index (χ1v) is 11.2. The number of nitro groups is 1. The molecule has 10 nitrogen and oxygen atoms in total. The number of hydrogen-bond acceptors (Lipinski definition) is 8. The molecule has 1 atom stereocenters. The summed E-state index contributed by atoms with van der Waals surface area (Å²) in [4.78, 5) is 51.0. The first-order valence-electron chi connectivity index (χ1n) is 10.3. The summed E-state index contributed by atoms with van der Waals surface area (Å²) >= 11 is 1.14. The molecule has 1 heterocycles. The Morgan fingerprint density at radius 1 is 1.15 bits per heavy atom. The van der Waals surface area contributed by atoms with E-state index in [0.717, 1.165) is 16.9 Å². The molecule has 3 aromatic rings. The van der Waals surface area contributed by atoms with Crippen LogP contribution in [0.5, 0.6) is 0 Å². The highest BCUT2D eigenvalue weighted by atomic mass is 32.1. The Morgan fingerprint density at radius 2 is 1.91 bits per heavy atom. The number of non-ortho nitro benzene ring substituents is 1. The van der Waals surface area contributed by atoms with Crippen LogP contribution in [0.1, 0.15) is 18.9 Å². The fourth-order valence-electron chi connectivity index (χ4n) is 2.91. The third-order valence-electron chi connectivity index (χ3n) is 4.62. The average molecular weight is 483 g/mol. The van der Waals surface area contributed by atoms with Gasteiger partial charge in [-0.1, -0.05) is 42.5 Å². The SMILES string of the molecule is CC(OC(=O)CCNC(=O)Cc1ccccc1)C(=O)Nc1nc(-c2cccc([N+](=O)[O-])c2)cs1. The third-order valence-corrected chi connectivity index (χ3v) is 5.38. The normalized spacial score (nSPS) is 11.3. The van der Waals surface area contributed by atoms with E-state index in [4.69, 9.17) is 4.74 Å². The Balaban J connectivity index is 1.43. The number of carbonyl (C=O) groups is 3. The van der Waals surface area contributed by atoms with E-state index >= 15 is 0 Å². The fourth-order valence-corrected chi connectivity index (χ4v) is 3.63. The maximum Gasteiger partial charge on any atom is 0.308 e. The Morgan fingerprint density at radius 3 is 2.65 bits per heavy atom. The van der Waals surface area contributed by atoms with Crippen molar-refractivity contribution in [2.45, 2.75) is 25.9 Å². The van der Waals surface area contributed by atoms with Crippen molar-refractivity contribution in [3.05, 3.63) is 75.7 Å². The number of nitro benzene ring substituents is 1. The number of esters is 1. The van der Waals surface area contributed by atoms with E-state index in [9.17, 15) is 24.5 Å². The summed E-state index contributed by atoms with van der Waals surface area (Å²) in [6.07, 6.45) is -0.939. The van der Waals surface area contributed by atoms with Gasteiger partial charge in [-0.15, -0.1) is 11.3 Å². The van der Waals surface area contributed by atoms with Crippen LogP contribution in [0.15, 0.2) is 60.0 Å². The van der Waals surface area contributed by atoms with Crippen molar-refractivity contribution in [1.29, 1.82) is 0 Å². The minimum absolute atomic E-state index is 0.0622. The van der Waals surface area contributed by atoms with Crippen molar-refractivity contribution < 1.29 is 24.0 Å². The van der Waals surface area contributed by atoms with Crippen LogP contribution in [0.25, 0.3) is 11.3 Å². The molecule has 0 bridgehead atoms. The van der Waals surface area contributed by atoms with Crippen LogP contribution in [-0.4, -0.2) is 40.3 Å². The van der Waals surface area contributed by atoms with Crippen LogP contribution < -0.4 is 10.6 Å². The Bertz CT molecular complexity index is 1180. The number of hydrogen-bond donors (Lipinski definition) is 2. The molecule has 176 valence electrons. The standard InChI is InChI=1S/C23H22N4O6S/c1-15(33-21(29)10-11-24-20(28)12-16-6-3-2-4-7-16)22(30)26-23-25-19(14-34-23)17-8-5-9-18(13-17)27(31)32/h2-9,13-15H,10-12H2,1H3,(H,24,28)(H,25,26,30). The number of thiazole rings is 1. The maximum atomic E-state index is 12.3. The lowest BCUT2D eigenvalue weighted by molar-refractivity contribution is -0.384. The zero-order chi connectivity index (χ0) is 24.5. The second-order valence-electron chi connectivity index (χ2n) is 7.23. The highest BCUT2D eigenvalue weighted by Crippen LogP contribution is 2.27. The molecule has 0 aliphatic heterocycles. The molecule has 1 aromatic heterocycles. The van der Waals surface area contributed by atoms with Crippen molar-refractivity contribution >= 4 is 39.9 Å². The summed E-state index contributed by atoms with van der Waals surface area (Å²) < 4.78 is 5.12. The molecule has 0 aliphatic carbocycles. The van der Waals surface area contributed by atoms with Crippen LogP contribution >= 0.6 is 11.3 Å². The van der Waals surface area contributed by atoms with Gasteiger partial charge in [0.2, 0.25) is 5.91 Å². The first kappa shape index (κ1) is 24.5. The molecule has 34 heavy (non-hydrogen) atoms. The Hall–Kier alpha value is -4.12. The zero-order valence-corrected chi connectivity index (χ0v) is 19.0. The van der Waals surface area contributed by atoms with E-state index in [1.54, 1.807) is 17.5 Å².